The van der Waals surface area contributed by atoms with Crippen molar-refractivity contribution in [3.05, 3.63) is 21.5 Å². The van der Waals surface area contributed by atoms with Crippen LogP contribution >= 0.6 is 22.6 Å². The first kappa shape index (κ1) is 7.78. The standard InChI is InChI=1S/C7H8INO/c1-5-3-6(8)7(10-2)4-9-5/h3-4H,1-2H3. The molecule has 0 aliphatic heterocycles. The Hall–Kier alpha value is -0.320. The third-order valence-corrected chi connectivity index (χ3v) is 2.02. The molecule has 0 unspecified atom stereocenters. The van der Waals surface area contributed by atoms with Gasteiger partial charge in [0.2, 0.25) is 0 Å². The van der Waals surface area contributed by atoms with E-state index in [0.717, 1.165) is 15.0 Å². The highest BCUT2D eigenvalue weighted by Gasteiger charge is 1.97. The van der Waals surface area contributed by atoms with Crippen molar-refractivity contribution in [3.63, 3.8) is 0 Å². The number of halogens is 1. The van der Waals surface area contributed by atoms with E-state index in [4.69, 9.17) is 4.74 Å². The molecule has 0 spiro atoms. The lowest BCUT2D eigenvalue weighted by Crippen LogP contribution is -1.89. The molecular formula is C7H8INO. The van der Waals surface area contributed by atoms with Crippen LogP contribution in [0.25, 0.3) is 0 Å². The first-order valence-electron chi connectivity index (χ1n) is 2.90. The van der Waals surface area contributed by atoms with Crippen LogP contribution in [0.5, 0.6) is 5.75 Å². The number of hydrogen-bond acceptors (Lipinski definition) is 2. The van der Waals surface area contributed by atoms with Gasteiger partial charge in [-0.25, -0.2) is 0 Å². The van der Waals surface area contributed by atoms with Gasteiger partial charge in [-0.2, -0.15) is 0 Å². The summed E-state index contributed by atoms with van der Waals surface area (Å²) in [6.45, 7) is 1.96. The summed E-state index contributed by atoms with van der Waals surface area (Å²) in [5.41, 5.74) is 1.02. The zero-order chi connectivity index (χ0) is 7.56. The Morgan fingerprint density at radius 2 is 2.30 bits per heavy atom. The molecule has 2 nitrogen and oxygen atoms in total. The Morgan fingerprint density at radius 3 is 2.80 bits per heavy atom. The van der Waals surface area contributed by atoms with Gasteiger partial charge in [0.05, 0.1) is 16.9 Å². The molecule has 0 N–H and O–H groups in total. The summed E-state index contributed by atoms with van der Waals surface area (Å²) >= 11 is 2.22. The van der Waals surface area contributed by atoms with Crippen molar-refractivity contribution in [3.8, 4) is 5.75 Å². The van der Waals surface area contributed by atoms with Gasteiger partial charge in [-0.1, -0.05) is 0 Å². The fraction of sp³-hybridized carbons (Fsp3) is 0.286. The van der Waals surface area contributed by atoms with Crippen molar-refractivity contribution in [2.75, 3.05) is 7.11 Å². The van der Waals surface area contributed by atoms with Crippen molar-refractivity contribution >= 4 is 22.6 Å². The van der Waals surface area contributed by atoms with Gasteiger partial charge in [-0.05, 0) is 35.6 Å². The lowest BCUT2D eigenvalue weighted by molar-refractivity contribution is 0.409. The molecule has 0 fully saturated rings. The highest BCUT2D eigenvalue weighted by molar-refractivity contribution is 14.1. The first-order valence-corrected chi connectivity index (χ1v) is 3.98. The molecule has 0 aromatic carbocycles. The monoisotopic (exact) mass is 249 g/mol. The number of methoxy groups -OCH3 is 1. The van der Waals surface area contributed by atoms with Crippen LogP contribution in [0.3, 0.4) is 0 Å². The van der Waals surface area contributed by atoms with Crippen molar-refractivity contribution in [1.82, 2.24) is 4.98 Å². The molecule has 3 heteroatoms. The summed E-state index contributed by atoms with van der Waals surface area (Å²) in [6, 6.07) is 1.99. The number of nitrogens with zero attached hydrogens (tertiary/aromatic N) is 1. The van der Waals surface area contributed by atoms with Crippen LogP contribution in [-0.2, 0) is 0 Å². The van der Waals surface area contributed by atoms with Gasteiger partial charge in [0, 0.05) is 5.69 Å². The van der Waals surface area contributed by atoms with Crippen molar-refractivity contribution in [1.29, 1.82) is 0 Å². The third kappa shape index (κ3) is 1.59. The second-order valence-electron chi connectivity index (χ2n) is 1.96. The molecule has 0 radical (unpaired) electrons. The molecule has 0 aliphatic rings. The van der Waals surface area contributed by atoms with Gasteiger partial charge in [0.15, 0.2) is 0 Å². The van der Waals surface area contributed by atoms with Crippen LogP contribution < -0.4 is 4.74 Å². The van der Waals surface area contributed by atoms with E-state index in [-0.39, 0.29) is 0 Å². The maximum atomic E-state index is 5.03. The molecular weight excluding hydrogens is 241 g/mol. The number of aromatic nitrogens is 1. The molecule has 1 rings (SSSR count). The van der Waals surface area contributed by atoms with Gasteiger partial charge in [0.1, 0.15) is 5.75 Å². The summed E-state index contributed by atoms with van der Waals surface area (Å²) in [6.07, 6.45) is 1.73. The molecule has 54 valence electrons. The zero-order valence-corrected chi connectivity index (χ0v) is 8.05. The topological polar surface area (TPSA) is 22.1 Å². The predicted molar refractivity (Wildman–Crippen MR) is 48.2 cm³/mol. The lowest BCUT2D eigenvalue weighted by Gasteiger charge is -2.01. The summed E-state index contributed by atoms with van der Waals surface area (Å²) in [4.78, 5) is 4.08. The highest BCUT2D eigenvalue weighted by Crippen LogP contribution is 2.18. The predicted octanol–water partition coefficient (Wildman–Crippen LogP) is 2.00. The van der Waals surface area contributed by atoms with Gasteiger partial charge in [0.25, 0.3) is 0 Å². The largest absolute Gasteiger partial charge is 0.494 e. The highest BCUT2D eigenvalue weighted by atomic mass is 127. The second kappa shape index (κ2) is 3.18. The Labute approximate surface area is 73.8 Å². The van der Waals surface area contributed by atoms with E-state index in [1.54, 1.807) is 13.3 Å². The Bertz CT molecular complexity index is 237. The van der Waals surface area contributed by atoms with E-state index in [9.17, 15) is 0 Å². The molecule has 0 atom stereocenters. The molecule has 1 heterocycles. The lowest BCUT2D eigenvalue weighted by atomic mass is 10.4. The molecule has 10 heavy (non-hydrogen) atoms. The summed E-state index contributed by atoms with van der Waals surface area (Å²) in [5, 5.41) is 0. The molecule has 0 bridgehead atoms. The molecule has 0 saturated carbocycles. The van der Waals surface area contributed by atoms with Crippen LogP contribution in [0.1, 0.15) is 5.69 Å². The first-order chi connectivity index (χ1) is 4.74. The molecule has 0 saturated heterocycles. The van der Waals surface area contributed by atoms with Crippen LogP contribution in [0.4, 0.5) is 0 Å². The van der Waals surface area contributed by atoms with E-state index < -0.39 is 0 Å². The van der Waals surface area contributed by atoms with Crippen molar-refractivity contribution < 1.29 is 4.74 Å². The Morgan fingerprint density at radius 1 is 1.60 bits per heavy atom. The molecule has 0 amide bonds. The average molecular weight is 249 g/mol. The quantitative estimate of drug-likeness (QED) is 0.710. The maximum absolute atomic E-state index is 5.03. The molecule has 1 aromatic rings. The van der Waals surface area contributed by atoms with Crippen LogP contribution in [0.15, 0.2) is 12.3 Å². The minimum Gasteiger partial charge on any atom is -0.494 e. The summed E-state index contributed by atoms with van der Waals surface area (Å²) in [7, 11) is 1.65. The number of ether oxygens (including phenoxy) is 1. The van der Waals surface area contributed by atoms with Crippen molar-refractivity contribution in [2.24, 2.45) is 0 Å². The number of pyridine rings is 1. The van der Waals surface area contributed by atoms with E-state index in [0.29, 0.717) is 0 Å². The van der Waals surface area contributed by atoms with E-state index in [1.807, 2.05) is 13.0 Å². The number of aryl methyl sites for hydroxylation is 1. The zero-order valence-electron chi connectivity index (χ0n) is 5.89. The van der Waals surface area contributed by atoms with Crippen LogP contribution in [-0.4, -0.2) is 12.1 Å². The smallest absolute Gasteiger partial charge is 0.150 e. The average Bonchev–Trinajstić information content (AvgIpc) is 1.88. The Kier molecular flexibility index (Phi) is 2.48. The fourth-order valence-electron chi connectivity index (χ4n) is 0.664. The van der Waals surface area contributed by atoms with Gasteiger partial charge in [-0.3, -0.25) is 4.98 Å². The fourth-order valence-corrected chi connectivity index (χ4v) is 1.47. The number of rotatable bonds is 1. The summed E-state index contributed by atoms with van der Waals surface area (Å²) < 4.78 is 6.13. The molecule has 0 aliphatic carbocycles. The van der Waals surface area contributed by atoms with Gasteiger partial charge >= 0.3 is 0 Å². The van der Waals surface area contributed by atoms with Gasteiger partial charge in [-0.15, -0.1) is 0 Å². The normalized spacial score (nSPS) is 9.50. The van der Waals surface area contributed by atoms with Crippen LogP contribution in [0, 0.1) is 10.5 Å². The van der Waals surface area contributed by atoms with Gasteiger partial charge < -0.3 is 4.74 Å². The SMILES string of the molecule is COc1cnc(C)cc1I. The maximum Gasteiger partial charge on any atom is 0.150 e. The van der Waals surface area contributed by atoms with Crippen molar-refractivity contribution in [2.45, 2.75) is 6.92 Å². The molecule has 1 aromatic heterocycles. The minimum atomic E-state index is 0.839. The second-order valence-corrected chi connectivity index (χ2v) is 3.12. The Balaban J connectivity index is 3.07. The van der Waals surface area contributed by atoms with E-state index in [2.05, 4.69) is 27.6 Å². The van der Waals surface area contributed by atoms with E-state index in [1.165, 1.54) is 0 Å². The third-order valence-electron chi connectivity index (χ3n) is 1.18. The minimum absolute atomic E-state index is 0.839. The summed E-state index contributed by atoms with van der Waals surface area (Å²) in [5.74, 6) is 0.839. The van der Waals surface area contributed by atoms with E-state index >= 15 is 0 Å². The van der Waals surface area contributed by atoms with Crippen LogP contribution in [0.2, 0.25) is 0 Å². The number of hydrogen-bond donors (Lipinski definition) is 0.